The van der Waals surface area contributed by atoms with Gasteiger partial charge in [0.25, 0.3) is 0 Å². The first-order valence-electron chi connectivity index (χ1n) is 5.82. The third-order valence-electron chi connectivity index (χ3n) is 2.74. The van der Waals surface area contributed by atoms with E-state index in [9.17, 15) is 9.59 Å². The Morgan fingerprint density at radius 3 is 2.42 bits per heavy atom. The molecule has 0 saturated carbocycles. The Balaban J connectivity index is 2.47. The van der Waals surface area contributed by atoms with Gasteiger partial charge in [-0.1, -0.05) is 22.0 Å². The van der Waals surface area contributed by atoms with Crippen LogP contribution in [0.25, 0.3) is 5.69 Å². The summed E-state index contributed by atoms with van der Waals surface area (Å²) in [4.78, 5) is 24.0. The van der Waals surface area contributed by atoms with Crippen LogP contribution in [0.1, 0.15) is 6.42 Å². The van der Waals surface area contributed by atoms with E-state index in [2.05, 4.69) is 22.5 Å². The summed E-state index contributed by atoms with van der Waals surface area (Å²) in [5.74, 6) is 0. The quantitative estimate of drug-likeness (QED) is 0.641. The maximum Gasteiger partial charge on any atom is 0.320 e. The van der Waals surface area contributed by atoms with Gasteiger partial charge < -0.3 is 4.57 Å². The summed E-state index contributed by atoms with van der Waals surface area (Å²) in [7, 11) is 0. The standard InChI is InChI=1S/C14H13BrN2O2/c1-2-3-8-16-9-10-17(14(19)13(16)18)12-6-4-11(15)5-7-12/h2,4-7,9-10H,1,3,8H2. The number of hydrogen-bond acceptors (Lipinski definition) is 2. The summed E-state index contributed by atoms with van der Waals surface area (Å²) in [6.45, 7) is 4.07. The number of halogens is 1. The molecular weight excluding hydrogens is 308 g/mol. The minimum atomic E-state index is -0.547. The molecule has 0 fully saturated rings. The van der Waals surface area contributed by atoms with Gasteiger partial charge in [0.15, 0.2) is 0 Å². The first-order chi connectivity index (χ1) is 9.13. The lowest BCUT2D eigenvalue weighted by atomic mass is 10.3. The molecule has 0 radical (unpaired) electrons. The lowest BCUT2D eigenvalue weighted by molar-refractivity contribution is 0.656. The molecule has 1 aromatic heterocycles. The summed E-state index contributed by atoms with van der Waals surface area (Å²) in [5.41, 5.74) is -0.401. The van der Waals surface area contributed by atoms with Crippen LogP contribution >= 0.6 is 15.9 Å². The minimum absolute atomic E-state index is 0.471. The fraction of sp³-hybridized carbons (Fsp3) is 0.143. The highest BCUT2D eigenvalue weighted by molar-refractivity contribution is 9.10. The molecule has 0 amide bonds. The number of rotatable bonds is 4. The summed E-state index contributed by atoms with van der Waals surface area (Å²) < 4.78 is 3.67. The van der Waals surface area contributed by atoms with E-state index in [1.807, 2.05) is 12.1 Å². The number of aromatic nitrogens is 2. The molecule has 1 heterocycles. The Labute approximate surface area is 118 Å². The molecule has 4 nitrogen and oxygen atoms in total. The molecule has 0 aliphatic carbocycles. The van der Waals surface area contributed by atoms with Gasteiger partial charge in [-0.2, -0.15) is 0 Å². The summed E-state index contributed by atoms with van der Waals surface area (Å²) >= 11 is 3.33. The average Bonchev–Trinajstić information content (AvgIpc) is 2.42. The van der Waals surface area contributed by atoms with Crippen LogP contribution in [0.15, 0.2) is 63.4 Å². The van der Waals surface area contributed by atoms with Crippen molar-refractivity contribution in [2.75, 3.05) is 0 Å². The minimum Gasteiger partial charge on any atom is -0.309 e. The SMILES string of the molecule is C=CCCn1ccn(-c2ccc(Br)cc2)c(=O)c1=O. The predicted molar refractivity (Wildman–Crippen MR) is 78.8 cm³/mol. The van der Waals surface area contributed by atoms with Crippen LogP contribution in [0, 0.1) is 0 Å². The summed E-state index contributed by atoms with van der Waals surface area (Å²) in [6, 6.07) is 7.20. The normalized spacial score (nSPS) is 10.4. The molecule has 2 aromatic rings. The number of nitrogens with zero attached hydrogens (tertiary/aromatic N) is 2. The highest BCUT2D eigenvalue weighted by Gasteiger charge is 2.05. The first kappa shape index (κ1) is 13.5. The van der Waals surface area contributed by atoms with E-state index in [0.717, 1.165) is 4.47 Å². The van der Waals surface area contributed by atoms with Gasteiger partial charge in [-0.25, -0.2) is 0 Å². The van der Waals surface area contributed by atoms with Crippen molar-refractivity contribution in [3.8, 4) is 5.69 Å². The fourth-order valence-electron chi connectivity index (χ4n) is 1.72. The monoisotopic (exact) mass is 320 g/mol. The average molecular weight is 321 g/mol. The van der Waals surface area contributed by atoms with Gasteiger partial charge in [0.1, 0.15) is 0 Å². The Morgan fingerprint density at radius 1 is 1.11 bits per heavy atom. The zero-order chi connectivity index (χ0) is 13.8. The molecule has 1 aromatic carbocycles. The number of aryl methyl sites for hydroxylation is 1. The Bertz CT molecular complexity index is 699. The molecule has 0 aliphatic rings. The van der Waals surface area contributed by atoms with Crippen molar-refractivity contribution >= 4 is 15.9 Å². The highest BCUT2D eigenvalue weighted by Crippen LogP contribution is 2.12. The predicted octanol–water partition coefficient (Wildman–Crippen LogP) is 2.34. The molecule has 0 saturated heterocycles. The zero-order valence-electron chi connectivity index (χ0n) is 10.3. The number of hydrogen-bond donors (Lipinski definition) is 0. The zero-order valence-corrected chi connectivity index (χ0v) is 11.8. The summed E-state index contributed by atoms with van der Waals surface area (Å²) in [6.07, 6.45) is 5.60. The van der Waals surface area contributed by atoms with Crippen LogP contribution in [-0.2, 0) is 6.54 Å². The van der Waals surface area contributed by atoms with Crippen molar-refractivity contribution in [2.24, 2.45) is 0 Å². The van der Waals surface area contributed by atoms with Crippen molar-refractivity contribution in [3.63, 3.8) is 0 Å². The molecule has 19 heavy (non-hydrogen) atoms. The van der Waals surface area contributed by atoms with Gasteiger partial charge in [0, 0.05) is 29.1 Å². The van der Waals surface area contributed by atoms with Crippen LogP contribution in [-0.4, -0.2) is 9.13 Å². The lowest BCUT2D eigenvalue weighted by Crippen LogP contribution is -2.39. The molecule has 2 rings (SSSR count). The molecule has 0 atom stereocenters. The third-order valence-corrected chi connectivity index (χ3v) is 3.27. The maximum absolute atomic E-state index is 12.0. The molecule has 0 bridgehead atoms. The van der Waals surface area contributed by atoms with Gasteiger partial charge >= 0.3 is 11.1 Å². The molecule has 98 valence electrons. The Morgan fingerprint density at radius 2 is 1.79 bits per heavy atom. The van der Waals surface area contributed by atoms with Crippen LogP contribution in [0.5, 0.6) is 0 Å². The van der Waals surface area contributed by atoms with Crippen LogP contribution in [0.3, 0.4) is 0 Å². The second kappa shape index (κ2) is 5.84. The van der Waals surface area contributed by atoms with Gasteiger partial charge in [0.2, 0.25) is 0 Å². The Hall–Kier alpha value is -1.88. The molecule has 0 spiro atoms. The maximum atomic E-state index is 12.0. The van der Waals surface area contributed by atoms with E-state index in [1.54, 1.807) is 30.6 Å². The molecule has 0 aliphatic heterocycles. The molecular formula is C14H13BrN2O2. The van der Waals surface area contributed by atoms with Crippen molar-refractivity contribution < 1.29 is 0 Å². The van der Waals surface area contributed by atoms with Crippen molar-refractivity contribution in [2.45, 2.75) is 13.0 Å². The first-order valence-corrected chi connectivity index (χ1v) is 6.61. The van der Waals surface area contributed by atoms with E-state index in [-0.39, 0.29) is 0 Å². The van der Waals surface area contributed by atoms with Crippen molar-refractivity contribution in [3.05, 3.63) is 74.5 Å². The van der Waals surface area contributed by atoms with E-state index in [1.165, 1.54) is 9.13 Å². The van der Waals surface area contributed by atoms with E-state index in [4.69, 9.17) is 0 Å². The number of benzene rings is 1. The van der Waals surface area contributed by atoms with Gasteiger partial charge in [-0.05, 0) is 30.7 Å². The number of allylic oxidation sites excluding steroid dienone is 1. The molecule has 0 unspecified atom stereocenters. The smallest absolute Gasteiger partial charge is 0.309 e. The van der Waals surface area contributed by atoms with Crippen LogP contribution in [0.2, 0.25) is 0 Å². The van der Waals surface area contributed by atoms with Gasteiger partial charge in [-0.3, -0.25) is 14.2 Å². The van der Waals surface area contributed by atoms with E-state index < -0.39 is 11.1 Å². The third kappa shape index (κ3) is 2.93. The van der Waals surface area contributed by atoms with Crippen LogP contribution in [0.4, 0.5) is 0 Å². The van der Waals surface area contributed by atoms with Crippen molar-refractivity contribution in [1.82, 2.24) is 9.13 Å². The van der Waals surface area contributed by atoms with E-state index in [0.29, 0.717) is 18.7 Å². The summed E-state index contributed by atoms with van der Waals surface area (Å²) in [5, 5.41) is 0. The van der Waals surface area contributed by atoms with Gasteiger partial charge in [0.05, 0.1) is 0 Å². The van der Waals surface area contributed by atoms with Crippen LogP contribution < -0.4 is 11.1 Å². The largest absolute Gasteiger partial charge is 0.320 e. The van der Waals surface area contributed by atoms with E-state index >= 15 is 0 Å². The lowest BCUT2D eigenvalue weighted by Gasteiger charge is -2.08. The molecule has 5 heteroatoms. The highest BCUT2D eigenvalue weighted by atomic mass is 79.9. The van der Waals surface area contributed by atoms with Gasteiger partial charge in [-0.15, -0.1) is 6.58 Å². The molecule has 0 N–H and O–H groups in total. The topological polar surface area (TPSA) is 44.0 Å². The fourth-order valence-corrected chi connectivity index (χ4v) is 1.98. The second-order valence-electron chi connectivity index (χ2n) is 4.03. The second-order valence-corrected chi connectivity index (χ2v) is 4.94. The Kier molecular flexibility index (Phi) is 4.16. The van der Waals surface area contributed by atoms with Crippen molar-refractivity contribution in [1.29, 1.82) is 0 Å².